The summed E-state index contributed by atoms with van der Waals surface area (Å²) in [5.74, 6) is -2.20. The average molecular weight is 594 g/mol. The molecule has 0 aromatic heterocycles. The first kappa shape index (κ1) is 32.9. The van der Waals surface area contributed by atoms with Gasteiger partial charge in [0, 0.05) is 26.2 Å². The number of unbranched alkanes of at least 4 members (excludes halogenated alkanes) is 2. The van der Waals surface area contributed by atoms with E-state index >= 15 is 0 Å². The lowest BCUT2D eigenvalue weighted by Crippen LogP contribution is -2.59. The number of ether oxygens (including phenoxy) is 1. The van der Waals surface area contributed by atoms with E-state index in [1.807, 2.05) is 44.2 Å². The molecule has 236 valence electrons. The van der Waals surface area contributed by atoms with E-state index in [4.69, 9.17) is 4.74 Å². The van der Waals surface area contributed by atoms with Gasteiger partial charge in [0.25, 0.3) is 0 Å². The van der Waals surface area contributed by atoms with Gasteiger partial charge in [-0.25, -0.2) is 0 Å². The van der Waals surface area contributed by atoms with Crippen LogP contribution in [0.5, 0.6) is 0 Å². The second-order valence-corrected chi connectivity index (χ2v) is 12.8. The first-order valence-corrected chi connectivity index (χ1v) is 16.1. The van der Waals surface area contributed by atoms with Crippen molar-refractivity contribution in [1.29, 1.82) is 0 Å². The van der Waals surface area contributed by atoms with Crippen LogP contribution in [0.4, 0.5) is 0 Å². The summed E-state index contributed by atoms with van der Waals surface area (Å²) >= 11 is 0. The summed E-state index contributed by atoms with van der Waals surface area (Å²) < 4.78 is 6.97. The van der Waals surface area contributed by atoms with Crippen molar-refractivity contribution in [3.8, 4) is 0 Å². The predicted molar refractivity (Wildman–Crippen MR) is 168 cm³/mol. The zero-order chi connectivity index (χ0) is 31.4. The molecule has 3 aliphatic rings. The summed E-state index contributed by atoms with van der Waals surface area (Å²) in [4.78, 5) is 49.0. The van der Waals surface area contributed by atoms with Crippen LogP contribution in [-0.4, -0.2) is 93.6 Å². The van der Waals surface area contributed by atoms with Gasteiger partial charge in [-0.05, 0) is 44.1 Å². The number of aliphatic hydroxyl groups is 1. The molecule has 3 aliphatic heterocycles. The van der Waals surface area contributed by atoms with Crippen molar-refractivity contribution < 1.29 is 24.2 Å². The highest BCUT2D eigenvalue weighted by molar-refractivity contribution is 5.99. The molecule has 3 heterocycles. The molecule has 0 saturated carbocycles. The minimum Gasteiger partial charge on any atom is -0.394 e. The van der Waals surface area contributed by atoms with Crippen molar-refractivity contribution in [2.45, 2.75) is 89.5 Å². The number of likely N-dealkylation sites (tertiary alicyclic amines) is 1. The monoisotopic (exact) mass is 593 g/mol. The Balaban J connectivity index is 1.83. The SMILES string of the molecule is C=CCN(CCCCC)C(=O)C1N([C@@H](CO)Cc2ccccc2)C(=O)[C@@H]2[C@@H](C(=O)N(CC=C)CCC)[C@]3(C)OC12CC3C. The molecule has 3 saturated heterocycles. The molecule has 0 radical (unpaired) electrons. The molecule has 1 N–H and O–H groups in total. The maximum absolute atomic E-state index is 14.8. The van der Waals surface area contributed by atoms with Crippen molar-refractivity contribution in [1.82, 2.24) is 14.7 Å². The van der Waals surface area contributed by atoms with Gasteiger partial charge in [0.15, 0.2) is 0 Å². The zero-order valence-electron chi connectivity index (χ0n) is 26.5. The fourth-order valence-corrected chi connectivity index (χ4v) is 7.95. The molecule has 1 aromatic carbocycles. The third-order valence-electron chi connectivity index (χ3n) is 10.0. The summed E-state index contributed by atoms with van der Waals surface area (Å²) in [6.45, 7) is 17.4. The van der Waals surface area contributed by atoms with Gasteiger partial charge in [-0.2, -0.15) is 0 Å². The molecule has 2 bridgehead atoms. The first-order valence-electron chi connectivity index (χ1n) is 16.1. The maximum Gasteiger partial charge on any atom is 0.248 e. The Morgan fingerprint density at radius 1 is 1.07 bits per heavy atom. The highest BCUT2D eigenvalue weighted by Crippen LogP contribution is 2.65. The highest BCUT2D eigenvalue weighted by Gasteiger charge is 2.80. The largest absolute Gasteiger partial charge is 0.394 e. The summed E-state index contributed by atoms with van der Waals surface area (Å²) in [7, 11) is 0. The van der Waals surface area contributed by atoms with Crippen LogP contribution in [0.1, 0.15) is 65.4 Å². The van der Waals surface area contributed by atoms with Gasteiger partial charge in [0.05, 0.1) is 30.1 Å². The molecule has 8 heteroatoms. The minimum absolute atomic E-state index is 0.0531. The van der Waals surface area contributed by atoms with Gasteiger partial charge < -0.3 is 24.5 Å². The minimum atomic E-state index is -1.16. The predicted octanol–water partition coefficient (Wildman–Crippen LogP) is 4.23. The van der Waals surface area contributed by atoms with E-state index < -0.39 is 35.1 Å². The fraction of sp³-hybridized carbons (Fsp3) is 0.629. The topological polar surface area (TPSA) is 90.4 Å². The Labute approximate surface area is 257 Å². The average Bonchev–Trinajstić information content (AvgIpc) is 3.51. The number of aliphatic hydroxyl groups excluding tert-OH is 1. The van der Waals surface area contributed by atoms with Gasteiger partial charge >= 0.3 is 0 Å². The molecule has 7 atom stereocenters. The van der Waals surface area contributed by atoms with Gasteiger partial charge in [0.2, 0.25) is 17.7 Å². The third-order valence-corrected chi connectivity index (χ3v) is 10.0. The Bertz CT molecular complexity index is 1170. The van der Waals surface area contributed by atoms with Gasteiger partial charge in [-0.15, -0.1) is 13.2 Å². The van der Waals surface area contributed by atoms with Gasteiger partial charge in [0.1, 0.15) is 11.6 Å². The first-order chi connectivity index (χ1) is 20.6. The lowest BCUT2D eigenvalue weighted by molar-refractivity contribution is -0.157. The number of hydrogen-bond acceptors (Lipinski definition) is 5. The third kappa shape index (κ3) is 5.80. The number of benzene rings is 1. The van der Waals surface area contributed by atoms with E-state index in [9.17, 15) is 19.5 Å². The second-order valence-electron chi connectivity index (χ2n) is 12.8. The van der Waals surface area contributed by atoms with Crippen LogP contribution in [0, 0.1) is 17.8 Å². The number of fused-ring (bicyclic) bond motifs is 1. The summed E-state index contributed by atoms with van der Waals surface area (Å²) in [6.07, 6.45) is 7.91. The van der Waals surface area contributed by atoms with Crippen LogP contribution in [-0.2, 0) is 25.5 Å². The number of carbonyl (C=O) groups excluding carboxylic acids is 3. The normalized spacial score (nSPS) is 29.8. The summed E-state index contributed by atoms with van der Waals surface area (Å²) in [5.41, 5.74) is -1.10. The molecular weight excluding hydrogens is 542 g/mol. The second kappa shape index (κ2) is 13.8. The molecule has 3 amide bonds. The highest BCUT2D eigenvalue weighted by atomic mass is 16.5. The Morgan fingerprint density at radius 3 is 2.30 bits per heavy atom. The number of hydrogen-bond donors (Lipinski definition) is 1. The van der Waals surface area contributed by atoms with E-state index in [1.165, 1.54) is 0 Å². The Hall–Kier alpha value is -2.97. The van der Waals surface area contributed by atoms with Crippen LogP contribution < -0.4 is 0 Å². The molecule has 43 heavy (non-hydrogen) atoms. The van der Waals surface area contributed by atoms with Crippen LogP contribution >= 0.6 is 0 Å². The quantitative estimate of drug-likeness (QED) is 0.229. The molecule has 0 aliphatic carbocycles. The van der Waals surface area contributed by atoms with Crippen molar-refractivity contribution in [2.75, 3.05) is 32.8 Å². The number of rotatable bonds is 16. The van der Waals surface area contributed by atoms with Crippen molar-refractivity contribution >= 4 is 17.7 Å². The van der Waals surface area contributed by atoms with Crippen LogP contribution in [0.3, 0.4) is 0 Å². The molecule has 3 fully saturated rings. The van der Waals surface area contributed by atoms with E-state index in [0.29, 0.717) is 39.0 Å². The van der Waals surface area contributed by atoms with Crippen molar-refractivity contribution in [3.05, 3.63) is 61.2 Å². The standard InChI is InChI=1S/C35H51N3O5/c1-7-11-15-21-37(20-10-4)33(42)30-35-23-25(5)34(6,43-35)28(31(40)36(18-8-2)19-9-3)29(35)32(41)38(30)27(24-39)22-26-16-13-12-14-17-26/h8,10,12-14,16-17,25,27-30,39H,2,4,7,9,11,15,18-24H2,1,3,5-6H3/t25?,27-,28+,29+,30?,34-,35?/m1/s1. The smallest absolute Gasteiger partial charge is 0.248 e. The van der Waals surface area contributed by atoms with Crippen LogP contribution in [0.2, 0.25) is 0 Å². The summed E-state index contributed by atoms with van der Waals surface area (Å²) in [6, 6.07) is 8.10. The Kier molecular flexibility index (Phi) is 10.5. The van der Waals surface area contributed by atoms with Gasteiger partial charge in [-0.3, -0.25) is 14.4 Å². The number of amides is 3. The number of nitrogens with zero attached hydrogens (tertiary/aromatic N) is 3. The summed E-state index contributed by atoms with van der Waals surface area (Å²) in [5, 5.41) is 10.8. The number of carbonyl (C=O) groups is 3. The van der Waals surface area contributed by atoms with E-state index in [2.05, 4.69) is 27.0 Å². The molecule has 8 nitrogen and oxygen atoms in total. The fourth-order valence-electron chi connectivity index (χ4n) is 7.95. The molecule has 1 aromatic rings. The van der Waals surface area contributed by atoms with E-state index in [-0.39, 0.29) is 30.2 Å². The van der Waals surface area contributed by atoms with Crippen LogP contribution in [0.15, 0.2) is 55.6 Å². The van der Waals surface area contributed by atoms with E-state index in [1.54, 1.807) is 26.9 Å². The molecule has 3 unspecified atom stereocenters. The zero-order valence-corrected chi connectivity index (χ0v) is 26.5. The van der Waals surface area contributed by atoms with Crippen molar-refractivity contribution in [3.63, 3.8) is 0 Å². The molecule has 4 rings (SSSR count). The van der Waals surface area contributed by atoms with Crippen molar-refractivity contribution in [2.24, 2.45) is 17.8 Å². The van der Waals surface area contributed by atoms with Crippen LogP contribution in [0.25, 0.3) is 0 Å². The molecule has 1 spiro atoms. The van der Waals surface area contributed by atoms with Gasteiger partial charge in [-0.1, -0.05) is 76.1 Å². The lowest BCUT2D eigenvalue weighted by Gasteiger charge is -2.39. The van der Waals surface area contributed by atoms with E-state index in [0.717, 1.165) is 31.2 Å². The maximum atomic E-state index is 14.8. The lowest BCUT2D eigenvalue weighted by atomic mass is 9.62. The Morgan fingerprint density at radius 2 is 1.72 bits per heavy atom. The molecular formula is C35H51N3O5.